The van der Waals surface area contributed by atoms with Crippen molar-refractivity contribution >= 4 is 5.91 Å². The zero-order chi connectivity index (χ0) is 22.9. The van der Waals surface area contributed by atoms with Crippen molar-refractivity contribution in [1.29, 1.82) is 0 Å². The lowest BCUT2D eigenvalue weighted by atomic mass is 10.1. The molecule has 0 bridgehead atoms. The molecule has 1 atom stereocenters. The molecule has 6 heteroatoms. The highest BCUT2D eigenvalue weighted by Crippen LogP contribution is 2.27. The number of carbonyl (C=O) groups excluding carboxylic acids is 1. The smallest absolute Gasteiger partial charge is 0.237 e. The van der Waals surface area contributed by atoms with Gasteiger partial charge >= 0.3 is 0 Å². The van der Waals surface area contributed by atoms with Crippen molar-refractivity contribution in [3.05, 3.63) is 59.2 Å². The predicted octanol–water partition coefficient (Wildman–Crippen LogP) is 3.27. The number of amides is 1. The van der Waals surface area contributed by atoms with Crippen LogP contribution in [0.2, 0.25) is 0 Å². The summed E-state index contributed by atoms with van der Waals surface area (Å²) in [5.41, 5.74) is 3.84. The maximum atomic E-state index is 12.8. The van der Waals surface area contributed by atoms with Crippen LogP contribution in [0.4, 0.5) is 0 Å². The third kappa shape index (κ3) is 6.47. The van der Waals surface area contributed by atoms with E-state index in [1.807, 2.05) is 25.1 Å². The fraction of sp³-hybridized carbons (Fsp3) is 0.500. The summed E-state index contributed by atoms with van der Waals surface area (Å²) in [6.07, 6.45) is 1.83. The molecule has 3 rings (SSSR count). The molecule has 32 heavy (non-hydrogen) atoms. The van der Waals surface area contributed by atoms with Gasteiger partial charge in [-0.05, 0) is 62.1 Å². The molecule has 0 aromatic heterocycles. The Morgan fingerprint density at radius 3 is 2.56 bits per heavy atom. The number of ether oxygens (including phenoxy) is 2. The molecule has 6 nitrogen and oxygen atoms in total. The average molecular weight is 440 g/mol. The van der Waals surface area contributed by atoms with Crippen molar-refractivity contribution < 1.29 is 14.3 Å². The number of methoxy groups -OCH3 is 2. The van der Waals surface area contributed by atoms with E-state index in [0.29, 0.717) is 18.0 Å². The van der Waals surface area contributed by atoms with Gasteiger partial charge in [-0.3, -0.25) is 14.6 Å². The molecule has 1 aliphatic heterocycles. The van der Waals surface area contributed by atoms with Gasteiger partial charge in [0.15, 0.2) is 11.5 Å². The van der Waals surface area contributed by atoms with E-state index in [1.165, 1.54) is 11.1 Å². The molecule has 0 aliphatic carbocycles. The van der Waals surface area contributed by atoms with Crippen LogP contribution in [0.1, 0.15) is 30.0 Å². The molecule has 1 unspecified atom stereocenters. The minimum atomic E-state index is -0.126. The second-order valence-corrected chi connectivity index (χ2v) is 8.50. The molecular formula is C26H37N3O3. The van der Waals surface area contributed by atoms with E-state index in [4.69, 9.17) is 9.47 Å². The van der Waals surface area contributed by atoms with E-state index in [9.17, 15) is 4.79 Å². The first-order valence-electron chi connectivity index (χ1n) is 11.5. The third-order valence-corrected chi connectivity index (χ3v) is 6.37. The topological polar surface area (TPSA) is 54.0 Å². The average Bonchev–Trinajstić information content (AvgIpc) is 3.05. The number of hydrogen-bond acceptors (Lipinski definition) is 5. The van der Waals surface area contributed by atoms with Gasteiger partial charge in [-0.2, -0.15) is 0 Å². The van der Waals surface area contributed by atoms with Crippen LogP contribution in [-0.4, -0.2) is 68.7 Å². The molecule has 1 saturated heterocycles. The number of rotatable bonds is 9. The van der Waals surface area contributed by atoms with E-state index >= 15 is 0 Å². The van der Waals surface area contributed by atoms with Crippen LogP contribution in [0.25, 0.3) is 0 Å². The second-order valence-electron chi connectivity index (χ2n) is 8.50. The summed E-state index contributed by atoms with van der Waals surface area (Å²) in [5.74, 6) is 1.52. The summed E-state index contributed by atoms with van der Waals surface area (Å²) in [6.45, 7) is 9.69. The summed E-state index contributed by atoms with van der Waals surface area (Å²) in [5, 5.41) is 3.11. The fourth-order valence-electron chi connectivity index (χ4n) is 4.24. The van der Waals surface area contributed by atoms with Crippen molar-refractivity contribution in [3.8, 4) is 11.5 Å². The summed E-state index contributed by atoms with van der Waals surface area (Å²) < 4.78 is 10.6. The van der Waals surface area contributed by atoms with E-state index in [0.717, 1.165) is 51.1 Å². The fourth-order valence-corrected chi connectivity index (χ4v) is 4.24. The summed E-state index contributed by atoms with van der Waals surface area (Å²) >= 11 is 0. The minimum absolute atomic E-state index is 0.0952. The highest BCUT2D eigenvalue weighted by molar-refractivity contribution is 5.81. The lowest BCUT2D eigenvalue weighted by Crippen LogP contribution is -2.46. The van der Waals surface area contributed by atoms with Gasteiger partial charge in [-0.1, -0.05) is 30.3 Å². The number of benzene rings is 2. The van der Waals surface area contributed by atoms with Crippen LogP contribution in [0.15, 0.2) is 42.5 Å². The van der Waals surface area contributed by atoms with Crippen LogP contribution >= 0.6 is 0 Å². The molecular weight excluding hydrogens is 402 g/mol. The molecule has 0 saturated carbocycles. The molecule has 2 aromatic carbocycles. The number of nitrogens with one attached hydrogen (secondary N) is 1. The highest BCUT2D eigenvalue weighted by Gasteiger charge is 2.24. The largest absolute Gasteiger partial charge is 0.493 e. The molecule has 1 heterocycles. The molecule has 174 valence electrons. The number of hydrogen-bond donors (Lipinski definition) is 1. The lowest BCUT2D eigenvalue weighted by Gasteiger charge is -2.27. The van der Waals surface area contributed by atoms with Gasteiger partial charge in [0.25, 0.3) is 0 Å². The second kappa shape index (κ2) is 11.9. The maximum Gasteiger partial charge on any atom is 0.237 e. The Labute approximate surface area is 192 Å². The first-order valence-corrected chi connectivity index (χ1v) is 11.5. The molecule has 1 fully saturated rings. The van der Waals surface area contributed by atoms with E-state index < -0.39 is 0 Å². The molecule has 1 N–H and O–H groups in total. The van der Waals surface area contributed by atoms with Gasteiger partial charge in [0.05, 0.1) is 20.3 Å². The third-order valence-electron chi connectivity index (χ3n) is 6.37. The number of carbonyl (C=O) groups is 1. The summed E-state index contributed by atoms with van der Waals surface area (Å²) in [7, 11) is 3.26. The Kier molecular flexibility index (Phi) is 8.94. The van der Waals surface area contributed by atoms with Gasteiger partial charge in [0.2, 0.25) is 5.91 Å². The standard InChI is InChI=1S/C26H37N3O3/c1-20-8-5-6-9-23(20)19-28-14-7-15-29(17-16-28)21(2)26(30)27-13-12-22-10-11-24(31-3)25(18-22)32-4/h5-6,8-11,18,21H,7,12-17,19H2,1-4H3,(H,27,30). The highest BCUT2D eigenvalue weighted by atomic mass is 16.5. The van der Waals surface area contributed by atoms with E-state index in [2.05, 4.69) is 46.3 Å². The quantitative estimate of drug-likeness (QED) is 0.650. The van der Waals surface area contributed by atoms with Gasteiger partial charge in [-0.25, -0.2) is 0 Å². The van der Waals surface area contributed by atoms with Gasteiger partial charge in [0, 0.05) is 32.7 Å². The zero-order valence-electron chi connectivity index (χ0n) is 19.9. The Morgan fingerprint density at radius 2 is 1.81 bits per heavy atom. The molecule has 1 amide bonds. The normalized spacial score (nSPS) is 16.2. The van der Waals surface area contributed by atoms with Crippen LogP contribution in [-0.2, 0) is 17.8 Å². The molecule has 2 aromatic rings. The Morgan fingerprint density at radius 1 is 1.03 bits per heavy atom. The monoisotopic (exact) mass is 439 g/mol. The minimum Gasteiger partial charge on any atom is -0.493 e. The van der Waals surface area contributed by atoms with E-state index in [-0.39, 0.29) is 11.9 Å². The van der Waals surface area contributed by atoms with Crippen LogP contribution in [0.5, 0.6) is 11.5 Å². The van der Waals surface area contributed by atoms with E-state index in [1.54, 1.807) is 14.2 Å². The maximum absolute atomic E-state index is 12.8. The summed E-state index contributed by atoms with van der Waals surface area (Å²) in [4.78, 5) is 17.6. The van der Waals surface area contributed by atoms with Crippen molar-refractivity contribution in [2.24, 2.45) is 0 Å². The van der Waals surface area contributed by atoms with Crippen molar-refractivity contribution in [3.63, 3.8) is 0 Å². The van der Waals surface area contributed by atoms with Crippen molar-refractivity contribution in [2.75, 3.05) is 46.9 Å². The lowest BCUT2D eigenvalue weighted by molar-refractivity contribution is -0.125. The number of aryl methyl sites for hydroxylation is 1. The zero-order valence-corrected chi connectivity index (χ0v) is 19.9. The first-order chi connectivity index (χ1) is 15.5. The van der Waals surface area contributed by atoms with Gasteiger partial charge in [0.1, 0.15) is 0 Å². The van der Waals surface area contributed by atoms with Gasteiger partial charge in [-0.15, -0.1) is 0 Å². The SMILES string of the molecule is COc1ccc(CCNC(=O)C(C)N2CCCN(Cc3ccccc3C)CC2)cc1OC. The summed E-state index contributed by atoms with van der Waals surface area (Å²) in [6, 6.07) is 14.3. The Balaban J connectivity index is 1.46. The Hall–Kier alpha value is -2.57. The number of nitrogens with zero attached hydrogens (tertiary/aromatic N) is 2. The van der Waals surface area contributed by atoms with Crippen molar-refractivity contribution in [2.45, 2.75) is 39.3 Å². The van der Waals surface area contributed by atoms with Crippen LogP contribution < -0.4 is 14.8 Å². The van der Waals surface area contributed by atoms with Crippen LogP contribution in [0.3, 0.4) is 0 Å². The predicted molar refractivity (Wildman–Crippen MR) is 128 cm³/mol. The van der Waals surface area contributed by atoms with Crippen molar-refractivity contribution in [1.82, 2.24) is 15.1 Å². The van der Waals surface area contributed by atoms with Gasteiger partial charge < -0.3 is 14.8 Å². The van der Waals surface area contributed by atoms with Crippen LogP contribution in [0, 0.1) is 6.92 Å². The molecule has 0 radical (unpaired) electrons. The first kappa shape index (κ1) is 24.1. The Bertz CT molecular complexity index is 886. The molecule has 0 spiro atoms. The molecule has 1 aliphatic rings.